The van der Waals surface area contributed by atoms with Gasteiger partial charge < -0.3 is 10.1 Å². The van der Waals surface area contributed by atoms with Gasteiger partial charge in [0.25, 0.3) is 5.91 Å². The zero-order valence-electron chi connectivity index (χ0n) is 14.4. The van der Waals surface area contributed by atoms with Crippen molar-refractivity contribution in [2.75, 3.05) is 7.11 Å². The largest absolute Gasteiger partial charge is 0.497 e. The number of nitrogens with one attached hydrogen (secondary N) is 1. The number of rotatable bonds is 4. The summed E-state index contributed by atoms with van der Waals surface area (Å²) in [6, 6.07) is 12.1. The topological polar surface area (TPSA) is 56.1 Å². The average molecular weight is 323 g/mol. The van der Waals surface area contributed by atoms with Crippen LogP contribution in [-0.4, -0.2) is 22.8 Å². The first kappa shape index (κ1) is 16.1. The molecule has 3 rings (SSSR count). The first-order chi connectivity index (χ1) is 11.5. The Morgan fingerprint density at radius 2 is 1.88 bits per heavy atom. The van der Waals surface area contributed by atoms with E-state index in [9.17, 15) is 4.79 Å². The van der Waals surface area contributed by atoms with Crippen molar-refractivity contribution in [2.45, 2.75) is 20.4 Å². The maximum Gasteiger partial charge on any atom is 0.255 e. The number of hydrogen-bond acceptors (Lipinski definition) is 3. The molecule has 0 atom stereocenters. The number of benzene rings is 2. The molecular formula is C19H21N3O2. The Labute approximate surface area is 141 Å². The van der Waals surface area contributed by atoms with E-state index < -0.39 is 0 Å². The van der Waals surface area contributed by atoms with Gasteiger partial charge >= 0.3 is 0 Å². The molecule has 1 aromatic heterocycles. The van der Waals surface area contributed by atoms with Gasteiger partial charge in [0.1, 0.15) is 5.75 Å². The van der Waals surface area contributed by atoms with Gasteiger partial charge in [0, 0.05) is 19.3 Å². The number of methoxy groups -OCH3 is 1. The molecule has 0 aliphatic heterocycles. The molecule has 0 spiro atoms. The monoisotopic (exact) mass is 323 g/mol. The average Bonchev–Trinajstić information content (AvgIpc) is 2.84. The fraction of sp³-hybridized carbons (Fsp3) is 0.263. The minimum Gasteiger partial charge on any atom is -0.497 e. The molecule has 5 heteroatoms. The van der Waals surface area contributed by atoms with Crippen LogP contribution in [0.5, 0.6) is 5.75 Å². The summed E-state index contributed by atoms with van der Waals surface area (Å²) < 4.78 is 6.97. The van der Waals surface area contributed by atoms with Crippen molar-refractivity contribution in [3.05, 3.63) is 58.9 Å². The predicted octanol–water partition coefficient (Wildman–Crippen LogP) is 3.13. The van der Waals surface area contributed by atoms with Gasteiger partial charge in [-0.05, 0) is 48.4 Å². The van der Waals surface area contributed by atoms with Crippen LogP contribution in [0.3, 0.4) is 0 Å². The second-order valence-electron chi connectivity index (χ2n) is 5.90. The second-order valence-corrected chi connectivity index (χ2v) is 5.90. The molecular weight excluding hydrogens is 302 g/mol. The summed E-state index contributed by atoms with van der Waals surface area (Å²) in [6.45, 7) is 4.23. The van der Waals surface area contributed by atoms with Gasteiger partial charge in [0.2, 0.25) is 0 Å². The van der Waals surface area contributed by atoms with E-state index in [0.717, 1.165) is 33.5 Å². The molecule has 1 amide bonds. The molecule has 3 aromatic rings. The van der Waals surface area contributed by atoms with E-state index in [1.165, 1.54) is 0 Å². The molecule has 0 saturated carbocycles. The molecule has 2 aromatic carbocycles. The summed E-state index contributed by atoms with van der Waals surface area (Å²) in [6.07, 6.45) is 0. The SMILES string of the molecule is COc1ccc2cc(CNC(=O)c3c(C)nn(C)c3C)ccc2c1. The number of aromatic nitrogens is 2. The molecule has 24 heavy (non-hydrogen) atoms. The number of aryl methyl sites for hydroxylation is 2. The number of hydrogen-bond donors (Lipinski definition) is 1. The third-order valence-corrected chi connectivity index (χ3v) is 4.30. The van der Waals surface area contributed by atoms with Crippen LogP contribution >= 0.6 is 0 Å². The lowest BCUT2D eigenvalue weighted by molar-refractivity contribution is 0.0949. The Morgan fingerprint density at radius 3 is 2.54 bits per heavy atom. The highest BCUT2D eigenvalue weighted by Gasteiger charge is 2.16. The van der Waals surface area contributed by atoms with Gasteiger partial charge in [0.05, 0.1) is 18.4 Å². The highest BCUT2D eigenvalue weighted by molar-refractivity contribution is 5.96. The number of amides is 1. The quantitative estimate of drug-likeness (QED) is 0.802. The second kappa shape index (κ2) is 6.35. The Kier molecular flexibility index (Phi) is 4.25. The standard InChI is InChI=1S/C19H21N3O2/c1-12-18(13(2)22(3)21-12)19(23)20-11-14-5-6-16-10-17(24-4)8-7-15(16)9-14/h5-10H,11H2,1-4H3,(H,20,23). The molecule has 0 aliphatic carbocycles. The molecule has 0 unspecified atom stereocenters. The van der Waals surface area contributed by atoms with E-state index in [0.29, 0.717) is 12.1 Å². The smallest absolute Gasteiger partial charge is 0.255 e. The van der Waals surface area contributed by atoms with E-state index in [-0.39, 0.29) is 5.91 Å². The van der Waals surface area contributed by atoms with Crippen LogP contribution in [-0.2, 0) is 13.6 Å². The predicted molar refractivity (Wildman–Crippen MR) is 94.4 cm³/mol. The number of fused-ring (bicyclic) bond motifs is 1. The zero-order valence-corrected chi connectivity index (χ0v) is 14.4. The number of nitrogens with zero attached hydrogens (tertiary/aromatic N) is 2. The van der Waals surface area contributed by atoms with Crippen LogP contribution in [0.15, 0.2) is 36.4 Å². The normalized spacial score (nSPS) is 10.8. The minimum atomic E-state index is -0.0899. The van der Waals surface area contributed by atoms with E-state index in [1.807, 2.05) is 51.2 Å². The van der Waals surface area contributed by atoms with Crippen LogP contribution in [0.4, 0.5) is 0 Å². The molecule has 1 N–H and O–H groups in total. The number of ether oxygens (including phenoxy) is 1. The van der Waals surface area contributed by atoms with Gasteiger partial charge in [-0.1, -0.05) is 18.2 Å². The summed E-state index contributed by atoms with van der Waals surface area (Å²) in [7, 11) is 3.50. The van der Waals surface area contributed by atoms with Crippen LogP contribution in [0.2, 0.25) is 0 Å². The van der Waals surface area contributed by atoms with Crippen LogP contribution in [0, 0.1) is 13.8 Å². The minimum absolute atomic E-state index is 0.0899. The van der Waals surface area contributed by atoms with Crippen molar-refractivity contribution in [1.29, 1.82) is 0 Å². The van der Waals surface area contributed by atoms with Gasteiger partial charge in [-0.3, -0.25) is 9.48 Å². The molecule has 0 bridgehead atoms. The Morgan fingerprint density at radius 1 is 1.17 bits per heavy atom. The molecule has 0 fully saturated rings. The van der Waals surface area contributed by atoms with Crippen molar-refractivity contribution >= 4 is 16.7 Å². The summed E-state index contributed by atoms with van der Waals surface area (Å²) in [5, 5.41) is 9.50. The highest BCUT2D eigenvalue weighted by Crippen LogP contribution is 2.22. The summed E-state index contributed by atoms with van der Waals surface area (Å²) in [5.74, 6) is 0.749. The molecule has 0 radical (unpaired) electrons. The molecule has 5 nitrogen and oxygen atoms in total. The van der Waals surface area contributed by atoms with E-state index >= 15 is 0 Å². The Hall–Kier alpha value is -2.82. The van der Waals surface area contributed by atoms with Crippen molar-refractivity contribution in [3.8, 4) is 5.75 Å². The van der Waals surface area contributed by atoms with Crippen LogP contribution < -0.4 is 10.1 Å². The maximum absolute atomic E-state index is 12.4. The van der Waals surface area contributed by atoms with E-state index in [1.54, 1.807) is 11.8 Å². The van der Waals surface area contributed by atoms with Crippen molar-refractivity contribution in [3.63, 3.8) is 0 Å². The summed E-state index contributed by atoms with van der Waals surface area (Å²) >= 11 is 0. The first-order valence-corrected chi connectivity index (χ1v) is 7.84. The van der Waals surface area contributed by atoms with Crippen LogP contribution in [0.1, 0.15) is 27.3 Å². The molecule has 0 aliphatic rings. The Bertz CT molecular complexity index is 912. The summed E-state index contributed by atoms with van der Waals surface area (Å²) in [4.78, 5) is 12.4. The number of carbonyl (C=O) groups excluding carboxylic acids is 1. The maximum atomic E-state index is 12.4. The number of carbonyl (C=O) groups is 1. The van der Waals surface area contributed by atoms with Gasteiger partial charge in [-0.25, -0.2) is 0 Å². The Balaban J connectivity index is 1.76. The lowest BCUT2D eigenvalue weighted by Gasteiger charge is -2.08. The lowest BCUT2D eigenvalue weighted by Crippen LogP contribution is -2.24. The summed E-state index contributed by atoms with van der Waals surface area (Å²) in [5.41, 5.74) is 3.33. The van der Waals surface area contributed by atoms with E-state index in [4.69, 9.17) is 4.74 Å². The van der Waals surface area contributed by atoms with Crippen molar-refractivity contribution < 1.29 is 9.53 Å². The van der Waals surface area contributed by atoms with Gasteiger partial charge in [-0.15, -0.1) is 0 Å². The zero-order chi connectivity index (χ0) is 17.3. The van der Waals surface area contributed by atoms with Crippen molar-refractivity contribution in [1.82, 2.24) is 15.1 Å². The van der Waals surface area contributed by atoms with Gasteiger partial charge in [0.15, 0.2) is 0 Å². The molecule has 0 saturated heterocycles. The molecule has 1 heterocycles. The van der Waals surface area contributed by atoms with Crippen LogP contribution in [0.25, 0.3) is 10.8 Å². The fourth-order valence-corrected chi connectivity index (χ4v) is 2.88. The molecule has 124 valence electrons. The first-order valence-electron chi connectivity index (χ1n) is 7.84. The third-order valence-electron chi connectivity index (χ3n) is 4.30. The van der Waals surface area contributed by atoms with Crippen molar-refractivity contribution in [2.24, 2.45) is 7.05 Å². The fourth-order valence-electron chi connectivity index (χ4n) is 2.88. The third kappa shape index (κ3) is 2.97. The lowest BCUT2D eigenvalue weighted by atomic mass is 10.1. The van der Waals surface area contributed by atoms with Gasteiger partial charge in [-0.2, -0.15) is 5.10 Å². The van der Waals surface area contributed by atoms with E-state index in [2.05, 4.69) is 16.5 Å². The highest BCUT2D eigenvalue weighted by atomic mass is 16.5.